The molecule has 2 aromatic carbocycles. The topological polar surface area (TPSA) is 82.0 Å². The van der Waals surface area contributed by atoms with Gasteiger partial charge in [0.25, 0.3) is 0 Å². The van der Waals surface area contributed by atoms with E-state index in [1.807, 2.05) is 31.2 Å². The zero-order chi connectivity index (χ0) is 21.0. The van der Waals surface area contributed by atoms with Gasteiger partial charge < -0.3 is 10.6 Å². The number of nitrogens with one attached hydrogen (secondary N) is 2. The molecule has 2 N–H and O–H groups in total. The molecule has 0 bridgehead atoms. The monoisotopic (exact) mass is 489 g/mol. The van der Waals surface area contributed by atoms with E-state index in [0.717, 1.165) is 27.4 Å². The van der Waals surface area contributed by atoms with E-state index in [4.69, 9.17) is 11.6 Å². The van der Waals surface area contributed by atoms with Gasteiger partial charge in [0.15, 0.2) is 0 Å². The van der Waals surface area contributed by atoms with E-state index in [0.29, 0.717) is 21.3 Å². The molecule has 1 atom stereocenters. The summed E-state index contributed by atoms with van der Waals surface area (Å²) in [5, 5.41) is 16.3. The Balaban J connectivity index is 1.77. The number of benzene rings is 2. The molecule has 2 amide bonds. The molecule has 5 nitrogen and oxygen atoms in total. The average molecular weight is 491 g/mol. The largest absolute Gasteiger partial charge is 0.325 e. The molecule has 1 unspecified atom stereocenters. The van der Waals surface area contributed by atoms with Crippen LogP contribution in [-0.2, 0) is 9.59 Å². The fraction of sp³-hybridized carbons (Fsp3) is 0.190. The molecule has 0 radical (unpaired) electrons. The Labute approximate surface area is 186 Å². The fourth-order valence-electron chi connectivity index (χ4n) is 3.01. The zero-order valence-electron chi connectivity index (χ0n) is 15.5. The molecule has 8 heteroatoms. The number of allylic oxidation sites excluding steroid dienone is 1. The summed E-state index contributed by atoms with van der Waals surface area (Å²) in [7, 11) is 0. The molecule has 0 aliphatic carbocycles. The second-order valence-electron chi connectivity index (χ2n) is 6.46. The van der Waals surface area contributed by atoms with Gasteiger partial charge in [-0.3, -0.25) is 9.59 Å². The van der Waals surface area contributed by atoms with Crippen LogP contribution in [0.3, 0.4) is 0 Å². The SMILES string of the molecule is Cc1c(Cl)cccc1NC(=O)CSC1=C(C#N)C(c2cccc(Br)c2)CC(=O)N1. The molecule has 0 saturated carbocycles. The van der Waals surface area contributed by atoms with Crippen LogP contribution in [0, 0.1) is 18.3 Å². The molecule has 0 fully saturated rings. The van der Waals surface area contributed by atoms with E-state index in [1.165, 1.54) is 0 Å². The van der Waals surface area contributed by atoms with Gasteiger partial charge in [-0.25, -0.2) is 0 Å². The number of nitriles is 1. The Kier molecular flexibility index (Phi) is 7.01. The molecular formula is C21H17BrClN3O2S. The number of amides is 2. The smallest absolute Gasteiger partial charge is 0.234 e. The van der Waals surface area contributed by atoms with Crippen molar-refractivity contribution >= 4 is 56.8 Å². The minimum Gasteiger partial charge on any atom is -0.325 e. The summed E-state index contributed by atoms with van der Waals surface area (Å²) in [5.74, 6) is -0.712. The summed E-state index contributed by atoms with van der Waals surface area (Å²) >= 11 is 10.7. The lowest BCUT2D eigenvalue weighted by molar-refractivity contribution is -0.121. The van der Waals surface area contributed by atoms with E-state index < -0.39 is 0 Å². The third-order valence-corrected chi connectivity index (χ3v) is 6.42. The summed E-state index contributed by atoms with van der Waals surface area (Å²) in [5.41, 5.74) is 2.75. The van der Waals surface area contributed by atoms with Crippen LogP contribution < -0.4 is 10.6 Å². The van der Waals surface area contributed by atoms with E-state index >= 15 is 0 Å². The molecule has 1 aliphatic heterocycles. The molecular weight excluding hydrogens is 474 g/mol. The number of carbonyl (C=O) groups excluding carboxylic acids is 2. The van der Waals surface area contributed by atoms with Gasteiger partial charge in [-0.05, 0) is 42.3 Å². The summed E-state index contributed by atoms with van der Waals surface area (Å²) in [6, 6.07) is 15.1. The molecule has 0 spiro atoms. The predicted octanol–water partition coefficient (Wildman–Crippen LogP) is 5.12. The molecule has 0 saturated heterocycles. The van der Waals surface area contributed by atoms with Crippen molar-refractivity contribution in [1.29, 1.82) is 5.26 Å². The van der Waals surface area contributed by atoms with Gasteiger partial charge in [0.2, 0.25) is 11.8 Å². The minimum absolute atomic E-state index is 0.0535. The second-order valence-corrected chi connectivity index (χ2v) is 8.77. The average Bonchev–Trinajstić information content (AvgIpc) is 2.69. The van der Waals surface area contributed by atoms with Crippen LogP contribution in [0.1, 0.15) is 23.5 Å². The number of hydrogen-bond donors (Lipinski definition) is 2. The Morgan fingerprint density at radius 1 is 1.38 bits per heavy atom. The molecule has 3 rings (SSSR count). The van der Waals surface area contributed by atoms with Crippen molar-refractivity contribution in [1.82, 2.24) is 5.32 Å². The maximum atomic E-state index is 12.4. The van der Waals surface area contributed by atoms with Gasteiger partial charge in [-0.1, -0.05) is 57.5 Å². The zero-order valence-corrected chi connectivity index (χ0v) is 18.6. The van der Waals surface area contributed by atoms with Gasteiger partial charge in [0.05, 0.1) is 22.4 Å². The van der Waals surface area contributed by atoms with E-state index in [1.54, 1.807) is 18.2 Å². The molecule has 1 heterocycles. The van der Waals surface area contributed by atoms with Crippen LogP contribution in [0.15, 0.2) is 57.5 Å². The van der Waals surface area contributed by atoms with Crippen LogP contribution in [0.4, 0.5) is 5.69 Å². The molecule has 1 aliphatic rings. The van der Waals surface area contributed by atoms with Crippen LogP contribution in [0.5, 0.6) is 0 Å². The van der Waals surface area contributed by atoms with Gasteiger partial charge in [-0.2, -0.15) is 5.26 Å². The van der Waals surface area contributed by atoms with Crippen molar-refractivity contribution in [3.63, 3.8) is 0 Å². The third-order valence-electron chi connectivity index (χ3n) is 4.50. The Morgan fingerprint density at radius 3 is 2.86 bits per heavy atom. The first-order chi connectivity index (χ1) is 13.9. The summed E-state index contributed by atoms with van der Waals surface area (Å²) in [6.07, 6.45) is 0.192. The molecule has 148 valence electrons. The van der Waals surface area contributed by atoms with Gasteiger partial charge in [0.1, 0.15) is 0 Å². The van der Waals surface area contributed by atoms with Crippen LogP contribution in [-0.4, -0.2) is 17.6 Å². The first kappa shape index (κ1) is 21.4. The number of anilines is 1. The van der Waals surface area contributed by atoms with Crippen molar-refractivity contribution in [2.75, 3.05) is 11.1 Å². The van der Waals surface area contributed by atoms with Gasteiger partial charge in [-0.15, -0.1) is 0 Å². The molecule has 2 aromatic rings. The number of rotatable bonds is 5. The lowest BCUT2D eigenvalue weighted by Crippen LogP contribution is -2.31. The quantitative estimate of drug-likeness (QED) is 0.609. The van der Waals surface area contributed by atoms with Crippen molar-refractivity contribution in [3.8, 4) is 6.07 Å². The highest BCUT2D eigenvalue weighted by atomic mass is 79.9. The van der Waals surface area contributed by atoms with E-state index in [9.17, 15) is 14.9 Å². The number of thioether (sulfide) groups is 1. The van der Waals surface area contributed by atoms with Crippen molar-refractivity contribution in [3.05, 3.63) is 73.7 Å². The Bertz CT molecular complexity index is 1050. The highest BCUT2D eigenvalue weighted by Gasteiger charge is 2.30. The van der Waals surface area contributed by atoms with Gasteiger partial charge >= 0.3 is 0 Å². The van der Waals surface area contributed by atoms with E-state index in [-0.39, 0.29) is 29.9 Å². The maximum absolute atomic E-state index is 12.4. The maximum Gasteiger partial charge on any atom is 0.234 e. The molecule has 0 aromatic heterocycles. The van der Waals surface area contributed by atoms with Crippen molar-refractivity contribution < 1.29 is 9.59 Å². The number of halogens is 2. The van der Waals surface area contributed by atoms with Crippen LogP contribution >= 0.6 is 39.3 Å². The highest BCUT2D eigenvalue weighted by molar-refractivity contribution is 9.10. The van der Waals surface area contributed by atoms with Gasteiger partial charge in [0, 0.05) is 27.5 Å². The number of hydrogen-bond acceptors (Lipinski definition) is 4. The van der Waals surface area contributed by atoms with Crippen LogP contribution in [0.25, 0.3) is 0 Å². The Hall–Kier alpha value is -2.27. The second kappa shape index (κ2) is 9.49. The predicted molar refractivity (Wildman–Crippen MR) is 120 cm³/mol. The summed E-state index contributed by atoms with van der Waals surface area (Å²) < 4.78 is 0.878. The first-order valence-electron chi connectivity index (χ1n) is 8.76. The number of carbonyl (C=O) groups is 2. The normalized spacial score (nSPS) is 16.2. The first-order valence-corrected chi connectivity index (χ1v) is 10.9. The van der Waals surface area contributed by atoms with E-state index in [2.05, 4.69) is 32.6 Å². The molecule has 29 heavy (non-hydrogen) atoms. The van der Waals surface area contributed by atoms with Crippen molar-refractivity contribution in [2.24, 2.45) is 0 Å². The number of nitrogens with zero attached hydrogens (tertiary/aromatic N) is 1. The van der Waals surface area contributed by atoms with Crippen LogP contribution in [0.2, 0.25) is 5.02 Å². The fourth-order valence-corrected chi connectivity index (χ4v) is 4.48. The summed E-state index contributed by atoms with van der Waals surface area (Å²) in [4.78, 5) is 24.6. The highest BCUT2D eigenvalue weighted by Crippen LogP contribution is 2.36. The van der Waals surface area contributed by atoms with Crippen molar-refractivity contribution in [2.45, 2.75) is 19.3 Å². The standard InChI is InChI=1S/C21H17BrClN3O2S/c1-12-17(23)6-3-7-18(12)25-20(28)11-29-21-16(10-24)15(9-19(27)26-21)13-4-2-5-14(22)8-13/h2-8,15H,9,11H2,1H3,(H,25,28)(H,26,27). The summed E-state index contributed by atoms with van der Waals surface area (Å²) in [6.45, 7) is 1.82. The lowest BCUT2D eigenvalue weighted by Gasteiger charge is -2.25. The Morgan fingerprint density at radius 2 is 2.14 bits per heavy atom. The lowest BCUT2D eigenvalue weighted by atomic mass is 9.87. The third kappa shape index (κ3) is 5.21. The minimum atomic E-state index is -0.341.